The van der Waals surface area contributed by atoms with Crippen LogP contribution < -0.4 is 0 Å². The van der Waals surface area contributed by atoms with Crippen molar-refractivity contribution in [1.29, 1.82) is 0 Å². The van der Waals surface area contributed by atoms with Crippen molar-refractivity contribution in [3.8, 4) is 0 Å². The van der Waals surface area contributed by atoms with Gasteiger partial charge in [0, 0.05) is 19.0 Å². The van der Waals surface area contributed by atoms with Gasteiger partial charge in [-0.2, -0.15) is 0 Å². The fourth-order valence-corrected chi connectivity index (χ4v) is 3.63. The number of nitrogens with zero attached hydrogens (tertiary/aromatic N) is 1. The van der Waals surface area contributed by atoms with E-state index in [2.05, 4.69) is 13.8 Å². The molecule has 1 aliphatic carbocycles. The molecule has 0 radical (unpaired) electrons. The van der Waals surface area contributed by atoms with Crippen LogP contribution in [0, 0.1) is 17.8 Å². The zero-order valence-corrected chi connectivity index (χ0v) is 12.1. The largest absolute Gasteiger partial charge is 0.388 e. The predicted molar refractivity (Wildman–Crippen MR) is 73.5 cm³/mol. The minimum Gasteiger partial charge on any atom is -0.388 e. The van der Waals surface area contributed by atoms with Gasteiger partial charge in [0.25, 0.3) is 0 Å². The fourth-order valence-electron chi connectivity index (χ4n) is 3.63. The normalized spacial score (nSPS) is 37.4. The van der Waals surface area contributed by atoms with Crippen LogP contribution >= 0.6 is 0 Å². The highest BCUT2D eigenvalue weighted by atomic mass is 16.3. The number of aliphatic hydroxyl groups is 2. The summed E-state index contributed by atoms with van der Waals surface area (Å²) in [5, 5.41) is 19.2. The lowest BCUT2D eigenvalue weighted by atomic mass is 9.71. The maximum absolute atomic E-state index is 12.6. The molecule has 2 fully saturated rings. The predicted octanol–water partition coefficient (Wildman–Crippen LogP) is 1.40. The molecule has 4 nitrogen and oxygen atoms in total. The van der Waals surface area contributed by atoms with Crippen molar-refractivity contribution < 1.29 is 15.0 Å². The molecule has 2 aliphatic rings. The van der Waals surface area contributed by atoms with Gasteiger partial charge in [-0.15, -0.1) is 0 Å². The summed E-state index contributed by atoms with van der Waals surface area (Å²) in [6, 6.07) is 0. The van der Waals surface area contributed by atoms with E-state index in [9.17, 15) is 15.0 Å². The van der Waals surface area contributed by atoms with Crippen molar-refractivity contribution in [3.63, 3.8) is 0 Å². The molecule has 1 heterocycles. The molecule has 19 heavy (non-hydrogen) atoms. The Balaban J connectivity index is 2.03. The highest BCUT2D eigenvalue weighted by Gasteiger charge is 2.40. The van der Waals surface area contributed by atoms with Crippen LogP contribution in [-0.2, 0) is 4.79 Å². The average Bonchev–Trinajstić information content (AvgIpc) is 2.77. The topological polar surface area (TPSA) is 60.8 Å². The molecule has 2 rings (SSSR count). The molecule has 2 N–H and O–H groups in total. The Morgan fingerprint density at radius 2 is 1.79 bits per heavy atom. The number of β-amino-alcohol motifs (C(OH)–C–C–N with tert-alkyl or cyclic N) is 2. The molecule has 5 atom stereocenters. The van der Waals surface area contributed by atoms with E-state index in [1.54, 1.807) is 4.90 Å². The Morgan fingerprint density at radius 1 is 1.21 bits per heavy atom. The zero-order valence-electron chi connectivity index (χ0n) is 12.1. The maximum Gasteiger partial charge on any atom is 0.226 e. The van der Waals surface area contributed by atoms with Crippen LogP contribution in [0.2, 0.25) is 0 Å². The van der Waals surface area contributed by atoms with Crippen LogP contribution in [0.3, 0.4) is 0 Å². The van der Waals surface area contributed by atoms with Crippen LogP contribution in [0.5, 0.6) is 0 Å². The third kappa shape index (κ3) is 3.11. The molecule has 0 aromatic rings. The fraction of sp³-hybridized carbons (Fsp3) is 0.933. The average molecular weight is 269 g/mol. The van der Waals surface area contributed by atoms with Crippen LogP contribution in [0.1, 0.15) is 46.0 Å². The van der Waals surface area contributed by atoms with Crippen LogP contribution in [0.4, 0.5) is 0 Å². The van der Waals surface area contributed by atoms with Gasteiger partial charge < -0.3 is 15.1 Å². The van der Waals surface area contributed by atoms with Crippen molar-refractivity contribution >= 4 is 5.91 Å². The molecular weight excluding hydrogens is 242 g/mol. The van der Waals surface area contributed by atoms with E-state index in [1.165, 1.54) is 6.42 Å². The van der Waals surface area contributed by atoms with Gasteiger partial charge in [0.15, 0.2) is 0 Å². The molecular formula is C15H27NO3. The first kappa shape index (κ1) is 14.8. The number of hydrogen-bond acceptors (Lipinski definition) is 3. The molecule has 0 aromatic carbocycles. The van der Waals surface area contributed by atoms with Crippen molar-refractivity contribution in [2.75, 3.05) is 13.1 Å². The van der Waals surface area contributed by atoms with Crippen molar-refractivity contribution in [3.05, 3.63) is 0 Å². The Hall–Kier alpha value is -0.610. The summed E-state index contributed by atoms with van der Waals surface area (Å²) in [4.78, 5) is 14.3. The number of carbonyl (C=O) groups excluding carboxylic acids is 1. The molecule has 0 bridgehead atoms. The minimum absolute atomic E-state index is 0.0983. The van der Waals surface area contributed by atoms with Gasteiger partial charge in [-0.1, -0.05) is 33.1 Å². The van der Waals surface area contributed by atoms with Gasteiger partial charge in [0.1, 0.15) is 0 Å². The number of rotatable bonds is 3. The summed E-state index contributed by atoms with van der Waals surface area (Å²) in [5.74, 6) is 1.30. The quantitative estimate of drug-likeness (QED) is 0.814. The summed E-state index contributed by atoms with van der Waals surface area (Å²) >= 11 is 0. The molecule has 5 unspecified atom stereocenters. The molecule has 0 aromatic heterocycles. The number of amides is 1. The Morgan fingerprint density at radius 3 is 2.37 bits per heavy atom. The summed E-state index contributed by atoms with van der Waals surface area (Å²) in [7, 11) is 0. The first-order valence-electron chi connectivity index (χ1n) is 7.69. The SMILES string of the molecule is CCC(C)C1CCCCC1C(=O)N1CC(O)C(O)C1. The lowest BCUT2D eigenvalue weighted by Gasteiger charge is -2.36. The second-order valence-electron chi connectivity index (χ2n) is 6.32. The van der Waals surface area contributed by atoms with E-state index in [-0.39, 0.29) is 11.8 Å². The molecule has 0 spiro atoms. The highest BCUT2D eigenvalue weighted by molar-refractivity contribution is 5.79. The lowest BCUT2D eigenvalue weighted by Crippen LogP contribution is -2.41. The standard InChI is InChI=1S/C15H27NO3/c1-3-10(2)11-6-4-5-7-12(11)15(19)16-8-13(17)14(18)9-16/h10-14,17-18H,3-9H2,1-2H3. The minimum atomic E-state index is -0.769. The van der Waals surface area contributed by atoms with Gasteiger partial charge in [-0.25, -0.2) is 0 Å². The number of likely N-dealkylation sites (tertiary alicyclic amines) is 1. The van der Waals surface area contributed by atoms with Crippen LogP contribution in [0.15, 0.2) is 0 Å². The van der Waals surface area contributed by atoms with E-state index in [0.717, 1.165) is 25.7 Å². The zero-order chi connectivity index (χ0) is 14.0. The molecule has 1 saturated heterocycles. The summed E-state index contributed by atoms with van der Waals surface area (Å²) in [5.41, 5.74) is 0. The monoisotopic (exact) mass is 269 g/mol. The van der Waals surface area contributed by atoms with Gasteiger partial charge in [0.2, 0.25) is 5.91 Å². The van der Waals surface area contributed by atoms with Crippen molar-refractivity contribution in [2.24, 2.45) is 17.8 Å². The summed E-state index contributed by atoms with van der Waals surface area (Å²) in [6.07, 6.45) is 4.04. The van der Waals surface area contributed by atoms with E-state index in [4.69, 9.17) is 0 Å². The molecule has 110 valence electrons. The first-order valence-corrected chi connectivity index (χ1v) is 7.69. The van der Waals surface area contributed by atoms with Crippen LogP contribution in [-0.4, -0.2) is 46.3 Å². The number of hydrogen-bond donors (Lipinski definition) is 2. The smallest absolute Gasteiger partial charge is 0.226 e. The third-order valence-electron chi connectivity index (χ3n) is 5.08. The third-order valence-corrected chi connectivity index (χ3v) is 5.08. The van der Waals surface area contributed by atoms with E-state index < -0.39 is 12.2 Å². The molecule has 4 heteroatoms. The molecule has 1 aliphatic heterocycles. The van der Waals surface area contributed by atoms with Crippen molar-refractivity contribution in [2.45, 2.75) is 58.2 Å². The van der Waals surface area contributed by atoms with E-state index in [0.29, 0.717) is 24.9 Å². The van der Waals surface area contributed by atoms with Gasteiger partial charge in [-0.05, 0) is 24.7 Å². The Labute approximate surface area is 115 Å². The highest BCUT2D eigenvalue weighted by Crippen LogP contribution is 2.38. The number of carbonyl (C=O) groups is 1. The lowest BCUT2D eigenvalue weighted by molar-refractivity contribution is -0.139. The maximum atomic E-state index is 12.6. The molecule has 1 saturated carbocycles. The second kappa shape index (κ2) is 6.23. The summed E-state index contributed by atoms with van der Waals surface area (Å²) < 4.78 is 0. The molecule has 1 amide bonds. The van der Waals surface area contributed by atoms with Gasteiger partial charge >= 0.3 is 0 Å². The van der Waals surface area contributed by atoms with E-state index in [1.807, 2.05) is 0 Å². The van der Waals surface area contributed by atoms with E-state index >= 15 is 0 Å². The van der Waals surface area contributed by atoms with Crippen molar-refractivity contribution in [1.82, 2.24) is 4.90 Å². The van der Waals surface area contributed by atoms with Gasteiger partial charge in [-0.3, -0.25) is 4.79 Å². The first-order chi connectivity index (χ1) is 9.04. The Bertz CT molecular complexity index is 311. The van der Waals surface area contributed by atoms with Gasteiger partial charge in [0.05, 0.1) is 12.2 Å². The Kier molecular flexibility index (Phi) is 4.85. The summed E-state index contributed by atoms with van der Waals surface area (Å²) in [6.45, 7) is 5.02. The second-order valence-corrected chi connectivity index (χ2v) is 6.32. The number of aliphatic hydroxyl groups excluding tert-OH is 2. The van der Waals surface area contributed by atoms with Crippen LogP contribution in [0.25, 0.3) is 0 Å².